The minimum Gasteiger partial charge on any atom is -1.00 e. The van der Waals surface area contributed by atoms with E-state index in [4.69, 9.17) is 9.90 Å². The van der Waals surface area contributed by atoms with E-state index in [1.54, 1.807) is 0 Å². The third-order valence-corrected chi connectivity index (χ3v) is 0. The zero-order valence-corrected chi connectivity index (χ0v) is 10.0. The van der Waals surface area contributed by atoms with E-state index in [1.165, 1.54) is 0 Å². The van der Waals surface area contributed by atoms with Gasteiger partial charge in [-0.25, -0.2) is 0 Å². The number of hydrogen-bond donors (Lipinski definition) is 0. The first-order valence-corrected chi connectivity index (χ1v) is 0.908. The second-order valence-electron chi connectivity index (χ2n) is 0.492. The van der Waals surface area contributed by atoms with Crippen LogP contribution < -0.4 is 17.5 Å². The van der Waals surface area contributed by atoms with Crippen molar-refractivity contribution in [2.75, 3.05) is 0 Å². The SMILES string of the molecule is CC(=O)[O-].[Ca+2].[Cl-].[Zn+2]. The van der Waals surface area contributed by atoms with Crippen LogP contribution in [-0.2, 0) is 24.3 Å². The van der Waals surface area contributed by atoms with Gasteiger partial charge in [0.05, 0.1) is 0 Å². The average Bonchev–Trinajstić information content (AvgIpc) is 0.811. The first kappa shape index (κ1) is 23.4. The van der Waals surface area contributed by atoms with Crippen LogP contribution in [0.4, 0.5) is 0 Å². The van der Waals surface area contributed by atoms with Gasteiger partial charge in [0.2, 0.25) is 0 Å². The molecule has 0 aromatic carbocycles. The molecule has 32 valence electrons. The summed E-state index contributed by atoms with van der Waals surface area (Å²) in [5.74, 6) is -1.08. The third-order valence-electron chi connectivity index (χ3n) is 0. The predicted molar refractivity (Wildman–Crippen MR) is 16.4 cm³/mol. The predicted octanol–water partition coefficient (Wildman–Crippen LogP) is -4.62. The van der Waals surface area contributed by atoms with Crippen molar-refractivity contribution < 1.29 is 41.8 Å². The first-order chi connectivity index (χ1) is 1.73. The van der Waals surface area contributed by atoms with Gasteiger partial charge in [-0.15, -0.1) is 0 Å². The van der Waals surface area contributed by atoms with Crippen molar-refractivity contribution in [3.05, 3.63) is 0 Å². The molecule has 0 spiro atoms. The zero-order chi connectivity index (χ0) is 3.58. The number of rotatable bonds is 0. The van der Waals surface area contributed by atoms with E-state index in [0.29, 0.717) is 0 Å². The summed E-state index contributed by atoms with van der Waals surface area (Å²) in [6.07, 6.45) is 0. The van der Waals surface area contributed by atoms with Gasteiger partial charge in [-0.1, -0.05) is 0 Å². The van der Waals surface area contributed by atoms with Crippen molar-refractivity contribution in [1.82, 2.24) is 0 Å². The topological polar surface area (TPSA) is 40.1 Å². The van der Waals surface area contributed by atoms with Gasteiger partial charge >= 0.3 is 57.2 Å². The molecule has 0 aliphatic carbocycles. The minimum absolute atomic E-state index is 0. The summed E-state index contributed by atoms with van der Waals surface area (Å²) in [5, 5.41) is 8.89. The van der Waals surface area contributed by atoms with E-state index < -0.39 is 5.97 Å². The maximum atomic E-state index is 8.89. The van der Waals surface area contributed by atoms with E-state index in [1.807, 2.05) is 0 Å². The second-order valence-corrected chi connectivity index (χ2v) is 0.492. The van der Waals surface area contributed by atoms with Crippen LogP contribution in [-0.4, -0.2) is 43.7 Å². The molecule has 0 amide bonds. The summed E-state index contributed by atoms with van der Waals surface area (Å²) in [7, 11) is 0. The molecule has 0 radical (unpaired) electrons. The molecule has 0 bridgehead atoms. The molecular weight excluding hydrogens is 197 g/mol. The van der Waals surface area contributed by atoms with Gasteiger partial charge in [0.1, 0.15) is 0 Å². The molecular formula is C2H3CaClO2Zn+2. The van der Waals surface area contributed by atoms with Crippen molar-refractivity contribution >= 4 is 43.7 Å². The van der Waals surface area contributed by atoms with Gasteiger partial charge in [0, 0.05) is 5.97 Å². The van der Waals surface area contributed by atoms with Crippen molar-refractivity contribution in [1.29, 1.82) is 0 Å². The second kappa shape index (κ2) is 15.6. The van der Waals surface area contributed by atoms with Crippen molar-refractivity contribution in [2.45, 2.75) is 6.92 Å². The van der Waals surface area contributed by atoms with Crippen molar-refractivity contribution in [3.8, 4) is 0 Å². The molecule has 7 heavy (non-hydrogen) atoms. The molecule has 0 fully saturated rings. The van der Waals surface area contributed by atoms with Gasteiger partial charge in [-0.2, -0.15) is 0 Å². The van der Waals surface area contributed by atoms with E-state index in [-0.39, 0.29) is 69.6 Å². The number of halogens is 1. The molecule has 2 nitrogen and oxygen atoms in total. The molecule has 0 atom stereocenters. The normalized spacial score (nSPS) is 3.57. The summed E-state index contributed by atoms with van der Waals surface area (Å²) >= 11 is 0. The smallest absolute Gasteiger partial charge is 1.00 e. The maximum Gasteiger partial charge on any atom is 2.00 e. The van der Waals surface area contributed by atoms with Crippen LogP contribution in [0.3, 0.4) is 0 Å². The fourth-order valence-corrected chi connectivity index (χ4v) is 0. The Morgan fingerprint density at radius 1 is 1.57 bits per heavy atom. The minimum atomic E-state index is -1.08. The van der Waals surface area contributed by atoms with Crippen LogP contribution in [0.15, 0.2) is 0 Å². The molecule has 5 heteroatoms. The Balaban J connectivity index is -0.0000000150. The monoisotopic (exact) mass is 198 g/mol. The van der Waals surface area contributed by atoms with Crippen LogP contribution in [0.1, 0.15) is 6.92 Å². The summed E-state index contributed by atoms with van der Waals surface area (Å²) in [6.45, 7) is 0.972. The standard InChI is InChI=1S/C2H4O2.Ca.ClH.Zn/c1-2(3)4;;;/h1H3,(H,3,4);;1H;/q;+2;;+2/p-2. The summed E-state index contributed by atoms with van der Waals surface area (Å²) < 4.78 is 0. The molecule has 0 aromatic heterocycles. The van der Waals surface area contributed by atoms with Crippen LogP contribution in [0.25, 0.3) is 0 Å². The summed E-state index contributed by atoms with van der Waals surface area (Å²) in [6, 6.07) is 0. The van der Waals surface area contributed by atoms with Gasteiger partial charge < -0.3 is 22.3 Å². The number of carbonyl (C=O) groups excluding carboxylic acids is 1. The van der Waals surface area contributed by atoms with Crippen molar-refractivity contribution in [3.63, 3.8) is 0 Å². The Morgan fingerprint density at radius 3 is 1.57 bits per heavy atom. The Bertz CT molecular complexity index is 38.7. The number of carbonyl (C=O) groups is 1. The Kier molecular flexibility index (Phi) is 52.3. The van der Waals surface area contributed by atoms with Gasteiger partial charge in [-0.05, 0) is 6.92 Å². The third kappa shape index (κ3) is 90.2. The van der Waals surface area contributed by atoms with E-state index >= 15 is 0 Å². The van der Waals surface area contributed by atoms with E-state index in [0.717, 1.165) is 6.92 Å². The Labute approximate surface area is 91.2 Å². The van der Waals surface area contributed by atoms with E-state index in [9.17, 15) is 0 Å². The molecule has 0 saturated heterocycles. The Hall–Kier alpha value is 1.64. The molecule has 0 aliphatic rings. The molecule has 0 rings (SSSR count). The maximum absolute atomic E-state index is 8.89. The van der Waals surface area contributed by atoms with Crippen molar-refractivity contribution in [2.24, 2.45) is 0 Å². The molecule has 0 heterocycles. The number of carboxylic acids is 1. The fraction of sp³-hybridized carbons (Fsp3) is 0.500. The molecule has 0 saturated carbocycles. The van der Waals surface area contributed by atoms with Crippen LogP contribution >= 0.6 is 0 Å². The van der Waals surface area contributed by atoms with Crippen LogP contribution in [0.5, 0.6) is 0 Å². The van der Waals surface area contributed by atoms with E-state index in [2.05, 4.69) is 0 Å². The van der Waals surface area contributed by atoms with Gasteiger partial charge in [0.25, 0.3) is 0 Å². The average molecular weight is 200 g/mol. The Morgan fingerprint density at radius 2 is 1.57 bits per heavy atom. The largest absolute Gasteiger partial charge is 2.00 e. The first-order valence-electron chi connectivity index (χ1n) is 0.908. The summed E-state index contributed by atoms with van der Waals surface area (Å²) in [4.78, 5) is 8.89. The zero-order valence-electron chi connectivity index (χ0n) is 4.11. The quantitative estimate of drug-likeness (QED) is 0.369. The number of aliphatic carboxylic acids is 1. The summed E-state index contributed by atoms with van der Waals surface area (Å²) in [5.41, 5.74) is 0. The number of carboxylic acid groups (broad SMARTS) is 1. The molecule has 0 unspecified atom stereocenters. The number of hydrogen-bond acceptors (Lipinski definition) is 2. The van der Waals surface area contributed by atoms with Crippen LogP contribution in [0.2, 0.25) is 0 Å². The molecule has 0 aromatic rings. The fourth-order valence-electron chi connectivity index (χ4n) is 0. The van der Waals surface area contributed by atoms with Gasteiger partial charge in [0.15, 0.2) is 0 Å². The van der Waals surface area contributed by atoms with Gasteiger partial charge in [-0.3, -0.25) is 0 Å². The van der Waals surface area contributed by atoms with Crippen LogP contribution in [0, 0.1) is 0 Å². The molecule has 0 aliphatic heterocycles. The molecule has 0 N–H and O–H groups in total.